The molecule has 0 spiro atoms. The van der Waals surface area contributed by atoms with Crippen LogP contribution in [0.4, 0.5) is 30.7 Å². The first-order valence-electron chi connectivity index (χ1n) is 9.77. The molecule has 2 rings (SSSR count). The summed E-state index contributed by atoms with van der Waals surface area (Å²) in [4.78, 5) is 0. The van der Waals surface area contributed by atoms with Crippen molar-refractivity contribution in [2.45, 2.75) is 58.5 Å². The van der Waals surface area contributed by atoms with Gasteiger partial charge in [-0.2, -0.15) is 26.3 Å². The van der Waals surface area contributed by atoms with Crippen LogP contribution in [0.1, 0.15) is 61.8 Å². The van der Waals surface area contributed by atoms with Crippen molar-refractivity contribution >= 4 is 0 Å². The standard InChI is InChI=1S/C23H25F7O/c1-21(2,3)9-8-17(16-4-6-20(24)7-5-16)14-31-13-15-10-18(22(25,26)27)12-19(11-15)23(28,29)30/h4-7,10-12,17H,8-9,13-14H2,1-3H3. The van der Waals surface area contributed by atoms with Crippen molar-refractivity contribution in [1.29, 1.82) is 0 Å². The first-order valence-corrected chi connectivity index (χ1v) is 9.77. The van der Waals surface area contributed by atoms with E-state index < -0.39 is 35.9 Å². The lowest BCUT2D eigenvalue weighted by Crippen LogP contribution is -2.14. The highest BCUT2D eigenvalue weighted by Gasteiger charge is 2.36. The van der Waals surface area contributed by atoms with E-state index in [-0.39, 0.29) is 29.6 Å². The number of alkyl halides is 6. The minimum atomic E-state index is -4.90. The van der Waals surface area contributed by atoms with Crippen LogP contribution in [-0.4, -0.2) is 6.61 Å². The molecule has 0 saturated carbocycles. The van der Waals surface area contributed by atoms with Crippen LogP contribution < -0.4 is 0 Å². The minimum Gasteiger partial charge on any atom is -0.376 e. The zero-order valence-electron chi connectivity index (χ0n) is 17.5. The normalized spacial score (nSPS) is 14.0. The van der Waals surface area contributed by atoms with Crippen molar-refractivity contribution in [3.05, 3.63) is 70.5 Å². The molecule has 0 heterocycles. The number of ether oxygens (including phenoxy) is 1. The molecule has 1 nitrogen and oxygen atoms in total. The van der Waals surface area contributed by atoms with Crippen LogP contribution in [0.15, 0.2) is 42.5 Å². The first kappa shape index (κ1) is 25.2. The van der Waals surface area contributed by atoms with Gasteiger partial charge in [0.25, 0.3) is 0 Å². The van der Waals surface area contributed by atoms with Gasteiger partial charge >= 0.3 is 12.4 Å². The Morgan fingerprint density at radius 3 is 1.77 bits per heavy atom. The molecule has 0 aliphatic heterocycles. The summed E-state index contributed by atoms with van der Waals surface area (Å²) in [6.45, 7) is 5.84. The van der Waals surface area contributed by atoms with Crippen LogP contribution in [0.25, 0.3) is 0 Å². The fourth-order valence-corrected chi connectivity index (χ4v) is 3.11. The summed E-state index contributed by atoms with van der Waals surface area (Å²) < 4.78 is 96.9. The Hall–Kier alpha value is -2.09. The average molecular weight is 450 g/mol. The highest BCUT2D eigenvalue weighted by atomic mass is 19.4. The highest BCUT2D eigenvalue weighted by Crippen LogP contribution is 2.36. The number of halogens is 7. The Kier molecular flexibility index (Phi) is 7.79. The van der Waals surface area contributed by atoms with Crippen LogP contribution in [0.3, 0.4) is 0 Å². The predicted molar refractivity (Wildman–Crippen MR) is 104 cm³/mol. The second-order valence-corrected chi connectivity index (χ2v) is 8.78. The molecule has 0 saturated heterocycles. The Balaban J connectivity index is 2.17. The molecule has 1 unspecified atom stereocenters. The van der Waals surface area contributed by atoms with Gasteiger partial charge in [0.15, 0.2) is 0 Å². The van der Waals surface area contributed by atoms with Crippen molar-refractivity contribution < 1.29 is 35.5 Å². The van der Waals surface area contributed by atoms with Gasteiger partial charge in [-0.25, -0.2) is 4.39 Å². The molecule has 2 aromatic carbocycles. The average Bonchev–Trinajstić information content (AvgIpc) is 2.63. The maximum absolute atomic E-state index is 13.3. The molecule has 2 aromatic rings. The topological polar surface area (TPSA) is 9.23 Å². The Bertz CT molecular complexity index is 814. The molecule has 0 aromatic heterocycles. The van der Waals surface area contributed by atoms with Crippen molar-refractivity contribution in [2.24, 2.45) is 5.41 Å². The Morgan fingerprint density at radius 1 is 0.806 bits per heavy atom. The molecule has 172 valence electrons. The smallest absolute Gasteiger partial charge is 0.376 e. The van der Waals surface area contributed by atoms with Crippen molar-refractivity contribution in [3.63, 3.8) is 0 Å². The zero-order valence-corrected chi connectivity index (χ0v) is 17.5. The maximum atomic E-state index is 13.3. The zero-order chi connectivity index (χ0) is 23.4. The third kappa shape index (κ3) is 8.16. The molecule has 0 radical (unpaired) electrons. The van der Waals surface area contributed by atoms with Crippen molar-refractivity contribution in [2.75, 3.05) is 6.61 Å². The summed E-state index contributed by atoms with van der Waals surface area (Å²) in [5.41, 5.74) is -2.14. The molecule has 0 aliphatic rings. The summed E-state index contributed by atoms with van der Waals surface area (Å²) in [5.74, 6) is -0.574. The molecule has 8 heteroatoms. The van der Waals surface area contributed by atoms with Gasteiger partial charge in [-0.3, -0.25) is 0 Å². The van der Waals surface area contributed by atoms with E-state index in [2.05, 4.69) is 20.8 Å². The summed E-state index contributed by atoms with van der Waals surface area (Å²) in [5, 5.41) is 0. The van der Waals surface area contributed by atoms with Crippen LogP contribution in [0, 0.1) is 11.2 Å². The van der Waals surface area contributed by atoms with E-state index in [1.807, 2.05) is 0 Å². The maximum Gasteiger partial charge on any atom is 0.416 e. The molecule has 0 aliphatic carbocycles. The van der Waals surface area contributed by atoms with Gasteiger partial charge in [-0.15, -0.1) is 0 Å². The van der Waals surface area contributed by atoms with E-state index in [1.165, 1.54) is 12.1 Å². The Morgan fingerprint density at radius 2 is 1.32 bits per heavy atom. The fourth-order valence-electron chi connectivity index (χ4n) is 3.11. The lowest BCUT2D eigenvalue weighted by atomic mass is 9.84. The molecule has 31 heavy (non-hydrogen) atoms. The predicted octanol–water partition coefficient (Wildman–Crippen LogP) is 7.99. The third-order valence-electron chi connectivity index (χ3n) is 4.82. The van der Waals surface area contributed by atoms with Crippen LogP contribution in [-0.2, 0) is 23.7 Å². The van der Waals surface area contributed by atoms with E-state index in [0.717, 1.165) is 12.0 Å². The lowest BCUT2D eigenvalue weighted by molar-refractivity contribution is -0.143. The Labute approximate surface area is 177 Å². The van der Waals surface area contributed by atoms with Crippen LogP contribution in [0.5, 0.6) is 0 Å². The van der Waals surface area contributed by atoms with Gasteiger partial charge in [0.05, 0.1) is 24.3 Å². The van der Waals surface area contributed by atoms with Crippen LogP contribution in [0.2, 0.25) is 0 Å². The number of hydrogen-bond donors (Lipinski definition) is 0. The molecular weight excluding hydrogens is 425 g/mol. The monoisotopic (exact) mass is 450 g/mol. The fraction of sp³-hybridized carbons (Fsp3) is 0.478. The molecule has 1 atom stereocenters. The molecule has 0 fully saturated rings. The third-order valence-corrected chi connectivity index (χ3v) is 4.82. The van der Waals surface area contributed by atoms with Gasteiger partial charge in [-0.05, 0) is 59.7 Å². The van der Waals surface area contributed by atoms with Gasteiger partial charge in [0.2, 0.25) is 0 Å². The van der Waals surface area contributed by atoms with Gasteiger partial charge in [0.1, 0.15) is 5.82 Å². The molecular formula is C23H25F7O. The van der Waals surface area contributed by atoms with Crippen molar-refractivity contribution in [3.8, 4) is 0 Å². The van der Waals surface area contributed by atoms with Gasteiger partial charge in [0, 0.05) is 5.92 Å². The summed E-state index contributed by atoms with van der Waals surface area (Å²) in [6.07, 6.45) is -8.33. The second-order valence-electron chi connectivity index (χ2n) is 8.78. The number of benzene rings is 2. The van der Waals surface area contributed by atoms with E-state index in [4.69, 9.17) is 4.74 Å². The van der Waals surface area contributed by atoms with Gasteiger partial charge < -0.3 is 4.74 Å². The first-order chi connectivity index (χ1) is 14.1. The summed E-state index contributed by atoms with van der Waals surface area (Å²) in [7, 11) is 0. The summed E-state index contributed by atoms with van der Waals surface area (Å²) >= 11 is 0. The van der Waals surface area contributed by atoms with Crippen molar-refractivity contribution in [1.82, 2.24) is 0 Å². The number of hydrogen-bond acceptors (Lipinski definition) is 1. The minimum absolute atomic E-state index is 0.0148. The lowest BCUT2D eigenvalue weighted by Gasteiger charge is -2.24. The van der Waals surface area contributed by atoms with Crippen LogP contribution >= 0.6 is 0 Å². The van der Waals surface area contributed by atoms with E-state index >= 15 is 0 Å². The van der Waals surface area contributed by atoms with Gasteiger partial charge in [-0.1, -0.05) is 32.9 Å². The second kappa shape index (κ2) is 9.59. The largest absolute Gasteiger partial charge is 0.416 e. The molecule has 0 N–H and O–H groups in total. The SMILES string of the molecule is CC(C)(C)CCC(COCc1cc(C(F)(F)F)cc(C(F)(F)F)c1)c1ccc(F)cc1. The summed E-state index contributed by atoms with van der Waals surface area (Å²) in [6, 6.07) is 7.25. The van der Waals surface area contributed by atoms with E-state index in [1.54, 1.807) is 12.1 Å². The van der Waals surface area contributed by atoms with E-state index in [0.29, 0.717) is 18.6 Å². The molecule has 0 bridgehead atoms. The van der Waals surface area contributed by atoms with E-state index in [9.17, 15) is 30.7 Å². The highest BCUT2D eigenvalue weighted by molar-refractivity contribution is 5.33. The number of rotatable bonds is 7. The molecule has 0 amide bonds. The quantitative estimate of drug-likeness (QED) is 0.389.